The summed E-state index contributed by atoms with van der Waals surface area (Å²) in [5.41, 5.74) is 1.38. The molecular weight excluding hydrogens is 244 g/mol. The Kier molecular flexibility index (Phi) is 2.90. The summed E-state index contributed by atoms with van der Waals surface area (Å²) in [6.45, 7) is 5.19. The molecule has 1 amide bonds. The summed E-state index contributed by atoms with van der Waals surface area (Å²) < 4.78 is 1.60. The molecule has 0 atom stereocenters. The Morgan fingerprint density at radius 3 is 2.68 bits per heavy atom. The second-order valence-electron chi connectivity index (χ2n) is 4.82. The standard InChI is InChI=1S/C12H16N6O/c1-9-10(7-13-12-14-8-15-18(9)12)11(19)17-5-3-16(2)4-6-17/h7-8H,3-6H2,1-2H3. The minimum atomic E-state index is 0.0236. The van der Waals surface area contributed by atoms with E-state index in [0.717, 1.165) is 31.9 Å². The van der Waals surface area contributed by atoms with Crippen molar-refractivity contribution < 1.29 is 4.79 Å². The number of aryl methyl sites for hydroxylation is 1. The fourth-order valence-electron chi connectivity index (χ4n) is 2.28. The highest BCUT2D eigenvalue weighted by Crippen LogP contribution is 2.12. The normalized spacial score (nSPS) is 17.1. The third-order valence-corrected chi connectivity index (χ3v) is 3.57. The fraction of sp³-hybridized carbons (Fsp3) is 0.500. The first kappa shape index (κ1) is 12.0. The summed E-state index contributed by atoms with van der Waals surface area (Å²) in [4.78, 5) is 24.8. The van der Waals surface area contributed by atoms with E-state index in [0.29, 0.717) is 11.3 Å². The summed E-state index contributed by atoms with van der Waals surface area (Å²) in [7, 11) is 2.07. The zero-order valence-corrected chi connectivity index (χ0v) is 11.1. The Bertz CT molecular complexity index is 614. The van der Waals surface area contributed by atoms with Crippen molar-refractivity contribution in [3.05, 3.63) is 23.8 Å². The van der Waals surface area contributed by atoms with Crippen molar-refractivity contribution in [2.45, 2.75) is 6.92 Å². The van der Waals surface area contributed by atoms with E-state index in [1.165, 1.54) is 6.33 Å². The summed E-state index contributed by atoms with van der Waals surface area (Å²) in [6, 6.07) is 0. The van der Waals surface area contributed by atoms with Gasteiger partial charge in [-0.25, -0.2) is 9.50 Å². The summed E-state index contributed by atoms with van der Waals surface area (Å²) in [6.07, 6.45) is 3.04. The molecule has 0 unspecified atom stereocenters. The predicted octanol–water partition coefficient (Wildman–Crippen LogP) is -0.180. The van der Waals surface area contributed by atoms with Crippen molar-refractivity contribution in [2.75, 3.05) is 33.2 Å². The van der Waals surface area contributed by atoms with Gasteiger partial charge in [-0.3, -0.25) is 4.79 Å². The average Bonchev–Trinajstić information content (AvgIpc) is 2.88. The van der Waals surface area contributed by atoms with Crippen LogP contribution in [0.25, 0.3) is 5.78 Å². The molecule has 0 spiro atoms. The molecule has 0 radical (unpaired) electrons. The number of aromatic nitrogens is 4. The van der Waals surface area contributed by atoms with Gasteiger partial charge in [0.2, 0.25) is 0 Å². The fourth-order valence-corrected chi connectivity index (χ4v) is 2.28. The monoisotopic (exact) mass is 260 g/mol. The number of fused-ring (bicyclic) bond motifs is 1. The number of carbonyl (C=O) groups is 1. The lowest BCUT2D eigenvalue weighted by molar-refractivity contribution is 0.0662. The van der Waals surface area contributed by atoms with Crippen LogP contribution in [0.4, 0.5) is 0 Å². The maximum Gasteiger partial charge on any atom is 0.257 e. The van der Waals surface area contributed by atoms with Crippen LogP contribution in [0.2, 0.25) is 0 Å². The van der Waals surface area contributed by atoms with Crippen molar-refractivity contribution in [2.24, 2.45) is 0 Å². The maximum absolute atomic E-state index is 12.5. The van der Waals surface area contributed by atoms with E-state index in [1.807, 2.05) is 11.8 Å². The molecule has 3 heterocycles. The molecule has 0 aliphatic carbocycles. The van der Waals surface area contributed by atoms with Gasteiger partial charge in [-0.2, -0.15) is 10.1 Å². The molecule has 100 valence electrons. The van der Waals surface area contributed by atoms with Gasteiger partial charge >= 0.3 is 0 Å². The van der Waals surface area contributed by atoms with Gasteiger partial charge in [-0.05, 0) is 14.0 Å². The van der Waals surface area contributed by atoms with Crippen molar-refractivity contribution in [3.63, 3.8) is 0 Å². The number of amides is 1. The molecular formula is C12H16N6O. The largest absolute Gasteiger partial charge is 0.336 e. The van der Waals surface area contributed by atoms with Gasteiger partial charge in [0.25, 0.3) is 11.7 Å². The lowest BCUT2D eigenvalue weighted by Crippen LogP contribution is -2.47. The van der Waals surface area contributed by atoms with Gasteiger partial charge in [-0.15, -0.1) is 0 Å². The minimum Gasteiger partial charge on any atom is -0.336 e. The van der Waals surface area contributed by atoms with Gasteiger partial charge in [0, 0.05) is 32.4 Å². The Labute approximate surface area is 110 Å². The summed E-state index contributed by atoms with van der Waals surface area (Å²) in [5.74, 6) is 0.544. The molecule has 7 heteroatoms. The smallest absolute Gasteiger partial charge is 0.257 e. The first-order chi connectivity index (χ1) is 9.16. The SMILES string of the molecule is Cc1c(C(=O)N2CCN(C)CC2)cnc2ncnn12. The molecule has 1 fully saturated rings. The Morgan fingerprint density at radius 1 is 1.21 bits per heavy atom. The van der Waals surface area contributed by atoms with Crippen LogP contribution in [-0.4, -0.2) is 68.5 Å². The highest BCUT2D eigenvalue weighted by Gasteiger charge is 2.23. The quantitative estimate of drug-likeness (QED) is 0.711. The van der Waals surface area contributed by atoms with Crippen molar-refractivity contribution in [1.29, 1.82) is 0 Å². The van der Waals surface area contributed by atoms with Crippen LogP contribution in [0.5, 0.6) is 0 Å². The second kappa shape index (κ2) is 4.58. The van der Waals surface area contributed by atoms with E-state index in [-0.39, 0.29) is 5.91 Å². The number of hydrogen-bond donors (Lipinski definition) is 0. The minimum absolute atomic E-state index is 0.0236. The number of nitrogens with zero attached hydrogens (tertiary/aromatic N) is 6. The van der Waals surface area contributed by atoms with Gasteiger partial charge in [0.1, 0.15) is 6.33 Å². The van der Waals surface area contributed by atoms with E-state index in [9.17, 15) is 4.79 Å². The molecule has 0 N–H and O–H groups in total. The van der Waals surface area contributed by atoms with E-state index < -0.39 is 0 Å². The average molecular weight is 260 g/mol. The molecule has 1 saturated heterocycles. The third-order valence-electron chi connectivity index (χ3n) is 3.57. The van der Waals surface area contributed by atoms with Crippen LogP contribution in [0.15, 0.2) is 12.5 Å². The van der Waals surface area contributed by atoms with Crippen molar-refractivity contribution in [3.8, 4) is 0 Å². The van der Waals surface area contributed by atoms with Crippen molar-refractivity contribution >= 4 is 11.7 Å². The molecule has 0 bridgehead atoms. The Morgan fingerprint density at radius 2 is 1.95 bits per heavy atom. The van der Waals surface area contributed by atoms with Crippen LogP contribution in [0, 0.1) is 6.92 Å². The van der Waals surface area contributed by atoms with Crippen LogP contribution in [0.1, 0.15) is 16.1 Å². The zero-order valence-electron chi connectivity index (χ0n) is 11.1. The number of piperazine rings is 1. The highest BCUT2D eigenvalue weighted by molar-refractivity contribution is 5.95. The molecule has 0 aromatic carbocycles. The number of carbonyl (C=O) groups excluding carboxylic acids is 1. The van der Waals surface area contributed by atoms with Crippen LogP contribution in [0.3, 0.4) is 0 Å². The first-order valence-corrected chi connectivity index (χ1v) is 6.30. The molecule has 0 saturated carbocycles. The number of hydrogen-bond acceptors (Lipinski definition) is 5. The van der Waals surface area contributed by atoms with E-state index >= 15 is 0 Å². The van der Waals surface area contributed by atoms with Crippen LogP contribution in [-0.2, 0) is 0 Å². The summed E-state index contributed by atoms with van der Waals surface area (Å²) >= 11 is 0. The third kappa shape index (κ3) is 2.06. The zero-order chi connectivity index (χ0) is 13.4. The van der Waals surface area contributed by atoms with Gasteiger partial charge in [0.15, 0.2) is 0 Å². The molecule has 3 rings (SSSR count). The topological polar surface area (TPSA) is 66.6 Å². The maximum atomic E-state index is 12.5. The first-order valence-electron chi connectivity index (χ1n) is 6.30. The van der Waals surface area contributed by atoms with E-state index in [4.69, 9.17) is 0 Å². The van der Waals surface area contributed by atoms with E-state index in [2.05, 4.69) is 27.0 Å². The highest BCUT2D eigenvalue weighted by atomic mass is 16.2. The second-order valence-corrected chi connectivity index (χ2v) is 4.82. The van der Waals surface area contributed by atoms with Crippen LogP contribution < -0.4 is 0 Å². The molecule has 1 aliphatic heterocycles. The molecule has 1 aliphatic rings. The lowest BCUT2D eigenvalue weighted by Gasteiger charge is -2.32. The van der Waals surface area contributed by atoms with Crippen LogP contribution >= 0.6 is 0 Å². The van der Waals surface area contributed by atoms with Crippen molar-refractivity contribution in [1.82, 2.24) is 29.4 Å². The molecule has 7 nitrogen and oxygen atoms in total. The predicted molar refractivity (Wildman–Crippen MR) is 68.9 cm³/mol. The van der Waals surface area contributed by atoms with Gasteiger partial charge < -0.3 is 9.80 Å². The Balaban J connectivity index is 1.91. The van der Waals surface area contributed by atoms with Gasteiger partial charge in [-0.1, -0.05) is 0 Å². The molecule has 2 aromatic rings. The van der Waals surface area contributed by atoms with Gasteiger partial charge in [0.05, 0.1) is 11.3 Å². The number of rotatable bonds is 1. The molecule has 2 aromatic heterocycles. The lowest BCUT2D eigenvalue weighted by atomic mass is 10.2. The Hall–Kier alpha value is -2.02. The molecule has 19 heavy (non-hydrogen) atoms. The van der Waals surface area contributed by atoms with E-state index in [1.54, 1.807) is 10.7 Å². The summed E-state index contributed by atoms with van der Waals surface area (Å²) in [5, 5.41) is 4.08. The number of likely N-dealkylation sites (N-methyl/N-ethyl adjacent to an activating group) is 1.